The number of morpholine rings is 1. The molecule has 0 radical (unpaired) electrons. The van der Waals surface area contributed by atoms with Gasteiger partial charge in [0.15, 0.2) is 17.9 Å². The average molecular weight is 991 g/mol. The molecule has 2 fully saturated rings. The molecule has 5 aromatic carbocycles. The van der Waals surface area contributed by atoms with E-state index in [1.807, 2.05) is 74.5 Å². The monoisotopic (exact) mass is 989 g/mol. The summed E-state index contributed by atoms with van der Waals surface area (Å²) in [4.78, 5) is 45.0. The van der Waals surface area contributed by atoms with Crippen LogP contribution in [0.1, 0.15) is 47.1 Å². The molecule has 4 heterocycles. The molecule has 1 aliphatic carbocycles. The van der Waals surface area contributed by atoms with Crippen molar-refractivity contribution in [3.63, 3.8) is 0 Å². The number of methoxy groups -OCH3 is 1. The van der Waals surface area contributed by atoms with E-state index >= 15 is 0 Å². The van der Waals surface area contributed by atoms with E-state index in [9.17, 15) is 29.7 Å². The van der Waals surface area contributed by atoms with Gasteiger partial charge >= 0.3 is 6.09 Å². The molecule has 4 aliphatic rings. The Bertz CT molecular complexity index is 2990. The van der Waals surface area contributed by atoms with Crippen molar-refractivity contribution in [3.05, 3.63) is 136 Å². The summed E-state index contributed by atoms with van der Waals surface area (Å²) in [7, 11) is 2.97. The fourth-order valence-electron chi connectivity index (χ4n) is 9.72. The lowest BCUT2D eigenvalue weighted by Gasteiger charge is -2.41. The van der Waals surface area contributed by atoms with Crippen LogP contribution in [0.5, 0.6) is 11.5 Å². The molecule has 4 N–H and O–H groups in total. The van der Waals surface area contributed by atoms with E-state index in [2.05, 4.69) is 5.32 Å². The Morgan fingerprint density at radius 2 is 1.56 bits per heavy atom. The number of carbonyl (C=O) groups excluding carboxylic acids is 3. The predicted molar refractivity (Wildman–Crippen MR) is 259 cm³/mol. The maximum Gasteiger partial charge on any atom is 0.410 e. The second kappa shape index (κ2) is 18.7. The van der Waals surface area contributed by atoms with E-state index < -0.39 is 54.2 Å². The van der Waals surface area contributed by atoms with Crippen molar-refractivity contribution >= 4 is 46.8 Å². The number of hydrogen-bond donors (Lipinski definition) is 4. The van der Waals surface area contributed by atoms with Gasteiger partial charge in [-0.1, -0.05) is 83.9 Å². The normalized spacial score (nSPS) is 21.1. The summed E-state index contributed by atoms with van der Waals surface area (Å²) in [5.41, 5.74) is 6.87. The Balaban J connectivity index is 0.910. The fourth-order valence-corrected chi connectivity index (χ4v) is 10.2. The highest BCUT2D eigenvalue weighted by Gasteiger charge is 2.48. The molecule has 18 heteroatoms. The lowest BCUT2D eigenvalue weighted by molar-refractivity contribution is -0.220. The Morgan fingerprint density at radius 3 is 2.24 bits per heavy atom. The molecule has 0 bridgehead atoms. The molecule has 3 aliphatic heterocycles. The van der Waals surface area contributed by atoms with Gasteiger partial charge in [-0.15, -0.1) is 0 Å². The first-order valence-corrected chi connectivity index (χ1v) is 23.4. The number of hydrogen-bond acceptors (Lipinski definition) is 12. The van der Waals surface area contributed by atoms with Crippen LogP contribution in [0.15, 0.2) is 103 Å². The van der Waals surface area contributed by atoms with Crippen LogP contribution in [0.25, 0.3) is 39.2 Å². The molecule has 3 amide bonds. The van der Waals surface area contributed by atoms with Crippen LogP contribution >= 0.6 is 23.2 Å². The van der Waals surface area contributed by atoms with Crippen molar-refractivity contribution in [2.75, 3.05) is 45.8 Å². The summed E-state index contributed by atoms with van der Waals surface area (Å²) in [5, 5.41) is 41.5. The number of aliphatic hydroxyl groups excluding tert-OH is 3. The third-order valence-electron chi connectivity index (χ3n) is 13.3. The summed E-state index contributed by atoms with van der Waals surface area (Å²) in [6, 6.07) is 30.8. The highest BCUT2D eigenvalue weighted by atomic mass is 35.5. The molecule has 2 saturated heterocycles. The lowest BCUT2D eigenvalue weighted by atomic mass is 9.94. The van der Waals surface area contributed by atoms with E-state index in [0.717, 1.165) is 22.3 Å². The van der Waals surface area contributed by atoms with Gasteiger partial charge in [0.2, 0.25) is 0 Å². The Labute approximate surface area is 412 Å². The van der Waals surface area contributed by atoms with Crippen LogP contribution in [0, 0.1) is 0 Å². The van der Waals surface area contributed by atoms with Crippen molar-refractivity contribution in [1.82, 2.24) is 19.6 Å². The summed E-state index contributed by atoms with van der Waals surface area (Å²) >= 11 is 13.0. The smallest absolute Gasteiger partial charge is 0.410 e. The third kappa shape index (κ3) is 8.52. The molecule has 362 valence electrons. The first-order chi connectivity index (χ1) is 33.6. The number of benzene rings is 5. The van der Waals surface area contributed by atoms with Crippen LogP contribution < -0.4 is 14.8 Å². The number of aromatic nitrogens is 2. The third-order valence-corrected chi connectivity index (χ3v) is 13.7. The quantitative estimate of drug-likeness (QED) is 0.113. The molecule has 5 atom stereocenters. The predicted octanol–water partition coefficient (Wildman–Crippen LogP) is 7.29. The van der Waals surface area contributed by atoms with Gasteiger partial charge in [-0.3, -0.25) is 9.59 Å². The minimum absolute atomic E-state index is 0.0268. The van der Waals surface area contributed by atoms with Gasteiger partial charge in [0, 0.05) is 63.2 Å². The number of nitrogens with one attached hydrogen (secondary N) is 1. The molecule has 10 rings (SSSR count). The van der Waals surface area contributed by atoms with Crippen LogP contribution in [-0.4, -0.2) is 129 Å². The van der Waals surface area contributed by atoms with Crippen LogP contribution in [-0.2, 0) is 25.6 Å². The number of halogens is 2. The molecule has 0 unspecified atom stereocenters. The first-order valence-electron chi connectivity index (χ1n) is 22.7. The van der Waals surface area contributed by atoms with E-state index in [1.54, 1.807) is 52.0 Å². The molecule has 6 aromatic rings. The van der Waals surface area contributed by atoms with Crippen molar-refractivity contribution in [3.8, 4) is 50.7 Å². The summed E-state index contributed by atoms with van der Waals surface area (Å²) in [5.74, 6) is -0.202. The minimum atomic E-state index is -1.82. The van der Waals surface area contributed by atoms with Crippen molar-refractivity contribution in [1.29, 1.82) is 0 Å². The number of carbonyl (C=O) groups is 3. The summed E-state index contributed by atoms with van der Waals surface area (Å²) in [6.45, 7) is 4.73. The van der Waals surface area contributed by atoms with Gasteiger partial charge in [-0.2, -0.15) is 5.10 Å². The van der Waals surface area contributed by atoms with Gasteiger partial charge in [-0.25, -0.2) is 9.48 Å². The van der Waals surface area contributed by atoms with Crippen molar-refractivity contribution in [2.24, 2.45) is 0 Å². The van der Waals surface area contributed by atoms with Crippen LogP contribution in [0.2, 0.25) is 10.0 Å². The maximum absolute atomic E-state index is 14.4. The SMILES string of the molecule is COc1cc2c(cc1-c1cccc(NC(=O)[C@H]3O[C@@H](CN(C)C(=O)OC4c5ccccc5-c5ccccc54)[C@H](O)[C@@H](O)[C@H]3O)c1)-c1c(c(C(=O)N3CCOCC3(C)C)nn1-c1cc(Cl)cc(Cl)c1)CO2. The summed E-state index contributed by atoms with van der Waals surface area (Å²) in [6.07, 6.45) is -9.62. The van der Waals surface area contributed by atoms with Crippen molar-refractivity contribution in [2.45, 2.75) is 62.6 Å². The number of fused-ring (bicyclic) bond motifs is 6. The first kappa shape index (κ1) is 47.2. The van der Waals surface area contributed by atoms with Crippen LogP contribution in [0.3, 0.4) is 0 Å². The number of aliphatic hydroxyl groups is 3. The van der Waals surface area contributed by atoms with Gasteiger partial charge in [0.1, 0.15) is 42.5 Å². The number of rotatable bonds is 9. The molecule has 16 nitrogen and oxygen atoms in total. The van der Waals surface area contributed by atoms with Gasteiger partial charge in [0.25, 0.3) is 11.8 Å². The topological polar surface area (TPSA) is 194 Å². The number of likely N-dealkylation sites (N-methyl/N-ethyl adjacent to an activating group) is 1. The van der Waals surface area contributed by atoms with Crippen LogP contribution in [0.4, 0.5) is 10.5 Å². The average Bonchev–Trinajstić information content (AvgIpc) is 3.89. The molecule has 0 spiro atoms. The van der Waals surface area contributed by atoms with E-state index in [0.29, 0.717) is 80.6 Å². The highest BCUT2D eigenvalue weighted by molar-refractivity contribution is 6.34. The highest BCUT2D eigenvalue weighted by Crippen LogP contribution is 2.48. The number of anilines is 1. The lowest BCUT2D eigenvalue weighted by Crippen LogP contribution is -2.62. The zero-order valence-corrected chi connectivity index (χ0v) is 40.0. The molecule has 70 heavy (non-hydrogen) atoms. The van der Waals surface area contributed by atoms with E-state index in [4.69, 9.17) is 52.0 Å². The number of amides is 3. The molecule has 1 aromatic heterocycles. The maximum atomic E-state index is 14.4. The zero-order chi connectivity index (χ0) is 49.2. The molecular weight excluding hydrogens is 942 g/mol. The Kier molecular flexibility index (Phi) is 12.6. The number of nitrogens with zero attached hydrogens (tertiary/aromatic N) is 4. The second-order valence-corrected chi connectivity index (χ2v) is 19.2. The van der Waals surface area contributed by atoms with Gasteiger partial charge < -0.3 is 54.1 Å². The minimum Gasteiger partial charge on any atom is -0.496 e. The second-order valence-electron chi connectivity index (χ2n) is 18.3. The Hall–Kier alpha value is -6.50. The largest absolute Gasteiger partial charge is 0.496 e. The fraction of sp³-hybridized carbons (Fsp3) is 0.308. The Morgan fingerprint density at radius 1 is 0.857 bits per heavy atom. The van der Waals surface area contributed by atoms with Crippen molar-refractivity contribution < 1.29 is 53.4 Å². The zero-order valence-electron chi connectivity index (χ0n) is 38.5. The standard InChI is InChI=1S/C52H49Cl2N5O11/c1-52(2)26-67-17-16-58(52)50(64)42-38-25-68-40-23-39(66-4)36(22-37(40)43(38)59(56-42)31-20-28(53)19-29(54)21-31)27-10-9-11-30(18-27)55-49(63)48-46(62)45(61)44(60)41(69-48)24-57(3)51(65)70-47-34-14-7-5-12-32(34)33-13-6-8-15-35(33)47/h5-15,18-23,41,44-48,60-62H,16-17,24-26H2,1-4H3,(H,55,63)/t41-,44-,45+,46+,48-/m0/s1. The van der Waals surface area contributed by atoms with Gasteiger partial charge in [-0.05, 0) is 66.9 Å². The van der Waals surface area contributed by atoms with Gasteiger partial charge in [0.05, 0.1) is 43.8 Å². The molecule has 0 saturated carbocycles. The number of ether oxygens (including phenoxy) is 5. The van der Waals surface area contributed by atoms with E-state index in [1.165, 1.54) is 19.1 Å². The summed E-state index contributed by atoms with van der Waals surface area (Å²) < 4.78 is 31.6. The van der Waals surface area contributed by atoms with E-state index in [-0.39, 0.29) is 24.8 Å². The molecular formula is C52H49Cl2N5O11.